The largest absolute Gasteiger partial charge is 0.497 e. The molecule has 172 valence electrons. The molecule has 10 heteroatoms. The van der Waals surface area contributed by atoms with E-state index in [4.69, 9.17) is 9.47 Å². The molecule has 0 radical (unpaired) electrons. The third-order valence-electron chi connectivity index (χ3n) is 4.75. The highest BCUT2D eigenvalue weighted by atomic mass is 32.2. The van der Waals surface area contributed by atoms with Crippen LogP contribution in [0.15, 0.2) is 83.3 Å². The Balaban J connectivity index is 1.47. The van der Waals surface area contributed by atoms with E-state index in [1.807, 2.05) is 47.0 Å². The molecule has 0 saturated heterocycles. The van der Waals surface area contributed by atoms with Gasteiger partial charge in [-0.15, -0.1) is 10.2 Å². The number of carbonyl (C=O) groups excluding carboxylic acids is 1. The molecule has 0 saturated carbocycles. The van der Waals surface area contributed by atoms with Gasteiger partial charge in [0.25, 0.3) is 5.91 Å². The van der Waals surface area contributed by atoms with Crippen LogP contribution in [0.4, 0.5) is 0 Å². The van der Waals surface area contributed by atoms with Gasteiger partial charge in [-0.05, 0) is 42.5 Å². The van der Waals surface area contributed by atoms with Crippen LogP contribution in [-0.4, -0.2) is 51.8 Å². The Morgan fingerprint density at radius 2 is 1.85 bits per heavy atom. The molecule has 2 heterocycles. The van der Waals surface area contributed by atoms with E-state index in [9.17, 15) is 4.79 Å². The number of thioether (sulfide) groups is 1. The van der Waals surface area contributed by atoms with Gasteiger partial charge in [0.1, 0.15) is 11.5 Å². The third kappa shape index (κ3) is 5.41. The summed E-state index contributed by atoms with van der Waals surface area (Å²) in [5.74, 6) is 1.77. The average Bonchev–Trinajstić information content (AvgIpc) is 3.32. The van der Waals surface area contributed by atoms with Crippen molar-refractivity contribution in [2.45, 2.75) is 5.16 Å². The Hall–Kier alpha value is -4.18. The van der Waals surface area contributed by atoms with Crippen molar-refractivity contribution in [3.8, 4) is 28.6 Å². The number of benzene rings is 2. The summed E-state index contributed by atoms with van der Waals surface area (Å²) in [6, 6.07) is 18.8. The molecule has 0 spiro atoms. The van der Waals surface area contributed by atoms with Crippen LogP contribution in [0, 0.1) is 0 Å². The van der Waals surface area contributed by atoms with Gasteiger partial charge in [0.15, 0.2) is 11.0 Å². The van der Waals surface area contributed by atoms with Crippen molar-refractivity contribution in [3.05, 3.63) is 78.6 Å². The van der Waals surface area contributed by atoms with Crippen molar-refractivity contribution in [3.63, 3.8) is 0 Å². The second-order valence-electron chi connectivity index (χ2n) is 6.90. The van der Waals surface area contributed by atoms with E-state index in [-0.39, 0.29) is 11.7 Å². The summed E-state index contributed by atoms with van der Waals surface area (Å²) in [5.41, 5.74) is 4.99. The minimum absolute atomic E-state index is 0.105. The van der Waals surface area contributed by atoms with Gasteiger partial charge < -0.3 is 9.47 Å². The van der Waals surface area contributed by atoms with Crippen molar-refractivity contribution in [1.29, 1.82) is 0 Å². The molecular weight excluding hydrogens is 452 g/mol. The Labute approximate surface area is 200 Å². The van der Waals surface area contributed by atoms with Gasteiger partial charge in [-0.3, -0.25) is 14.3 Å². The van der Waals surface area contributed by atoms with Gasteiger partial charge >= 0.3 is 0 Å². The number of hydrogen-bond acceptors (Lipinski definition) is 8. The molecule has 0 unspecified atom stereocenters. The number of carbonyl (C=O) groups is 1. The second kappa shape index (κ2) is 11.1. The standard InChI is InChI=1S/C24H22N6O3S/c1-32-20-8-9-21(33-2)18(14-20)15-26-27-22(31)16-34-24-29-28-23(17-10-12-25-13-11-17)30(24)19-6-4-3-5-7-19/h3-15H,16H2,1-2H3,(H,27,31)/b26-15+. The fraction of sp³-hybridized carbons (Fsp3) is 0.125. The summed E-state index contributed by atoms with van der Waals surface area (Å²) in [7, 11) is 3.15. The summed E-state index contributed by atoms with van der Waals surface area (Å²) < 4.78 is 12.5. The third-order valence-corrected chi connectivity index (χ3v) is 5.68. The van der Waals surface area contributed by atoms with Gasteiger partial charge in [-0.1, -0.05) is 30.0 Å². The molecular formula is C24H22N6O3S. The lowest BCUT2D eigenvalue weighted by atomic mass is 10.2. The highest BCUT2D eigenvalue weighted by Crippen LogP contribution is 2.27. The van der Waals surface area contributed by atoms with E-state index in [1.165, 1.54) is 18.0 Å². The van der Waals surface area contributed by atoms with Gasteiger partial charge in [-0.2, -0.15) is 5.10 Å². The molecule has 4 rings (SSSR count). The second-order valence-corrected chi connectivity index (χ2v) is 7.85. The molecule has 0 atom stereocenters. The average molecular weight is 475 g/mol. The minimum atomic E-state index is -0.281. The predicted octanol–water partition coefficient (Wildman–Crippen LogP) is 3.59. The molecule has 0 fully saturated rings. The van der Waals surface area contributed by atoms with Crippen molar-refractivity contribution < 1.29 is 14.3 Å². The Kier molecular flexibility index (Phi) is 7.51. The number of rotatable bonds is 9. The maximum absolute atomic E-state index is 12.4. The predicted molar refractivity (Wildman–Crippen MR) is 131 cm³/mol. The molecule has 0 aliphatic rings. The van der Waals surface area contributed by atoms with Crippen LogP contribution >= 0.6 is 11.8 Å². The summed E-state index contributed by atoms with van der Waals surface area (Å²) in [6.07, 6.45) is 4.92. The molecule has 1 N–H and O–H groups in total. The van der Waals surface area contributed by atoms with Gasteiger partial charge in [0.05, 0.1) is 26.2 Å². The zero-order valence-electron chi connectivity index (χ0n) is 18.6. The number of nitrogens with one attached hydrogen (secondary N) is 1. The molecule has 1 amide bonds. The zero-order chi connectivity index (χ0) is 23.8. The number of amides is 1. The normalized spacial score (nSPS) is 10.9. The van der Waals surface area contributed by atoms with Crippen molar-refractivity contribution in [2.75, 3.05) is 20.0 Å². The van der Waals surface area contributed by atoms with E-state index in [1.54, 1.807) is 44.8 Å². The number of nitrogens with zero attached hydrogens (tertiary/aromatic N) is 5. The summed E-state index contributed by atoms with van der Waals surface area (Å²) in [4.78, 5) is 16.5. The first kappa shape index (κ1) is 23.0. The maximum Gasteiger partial charge on any atom is 0.250 e. The van der Waals surface area contributed by atoms with E-state index >= 15 is 0 Å². The topological polar surface area (TPSA) is 104 Å². The summed E-state index contributed by atoms with van der Waals surface area (Å²) in [5, 5.41) is 13.3. The summed E-state index contributed by atoms with van der Waals surface area (Å²) in [6.45, 7) is 0. The minimum Gasteiger partial charge on any atom is -0.497 e. The Morgan fingerprint density at radius 3 is 2.59 bits per heavy atom. The molecule has 0 aliphatic heterocycles. The molecule has 9 nitrogen and oxygen atoms in total. The van der Waals surface area contributed by atoms with E-state index in [2.05, 4.69) is 25.7 Å². The first-order valence-corrected chi connectivity index (χ1v) is 11.3. The number of hydrazone groups is 1. The lowest BCUT2D eigenvalue weighted by Crippen LogP contribution is -2.20. The van der Waals surface area contributed by atoms with Crippen molar-refractivity contribution >= 4 is 23.9 Å². The van der Waals surface area contributed by atoms with Crippen LogP contribution in [0.2, 0.25) is 0 Å². The lowest BCUT2D eigenvalue weighted by Gasteiger charge is -2.10. The SMILES string of the molecule is COc1ccc(OC)c(/C=N/NC(=O)CSc2nnc(-c3ccncc3)n2-c2ccccc2)c1. The molecule has 4 aromatic rings. The van der Waals surface area contributed by atoms with Crippen molar-refractivity contribution in [2.24, 2.45) is 5.10 Å². The molecule has 2 aromatic heterocycles. The maximum atomic E-state index is 12.4. The summed E-state index contributed by atoms with van der Waals surface area (Å²) >= 11 is 1.27. The molecule has 0 bridgehead atoms. The van der Waals surface area contributed by atoms with Gasteiger partial charge in [0.2, 0.25) is 0 Å². The number of aromatic nitrogens is 4. The number of methoxy groups -OCH3 is 2. The highest BCUT2D eigenvalue weighted by molar-refractivity contribution is 7.99. The van der Waals surface area contributed by atoms with Crippen LogP contribution in [0.3, 0.4) is 0 Å². The van der Waals surface area contributed by atoms with Crippen LogP contribution in [0.5, 0.6) is 11.5 Å². The first-order chi connectivity index (χ1) is 16.7. The fourth-order valence-electron chi connectivity index (χ4n) is 3.14. The van der Waals surface area contributed by atoms with Crippen LogP contribution < -0.4 is 14.9 Å². The van der Waals surface area contributed by atoms with E-state index in [0.29, 0.717) is 28.0 Å². The molecule has 0 aliphatic carbocycles. The quantitative estimate of drug-likeness (QED) is 0.225. The first-order valence-electron chi connectivity index (χ1n) is 10.3. The van der Waals surface area contributed by atoms with Crippen LogP contribution in [0.25, 0.3) is 17.1 Å². The van der Waals surface area contributed by atoms with Crippen LogP contribution in [0.1, 0.15) is 5.56 Å². The molecule has 34 heavy (non-hydrogen) atoms. The van der Waals surface area contributed by atoms with Crippen LogP contribution in [-0.2, 0) is 4.79 Å². The van der Waals surface area contributed by atoms with Crippen molar-refractivity contribution in [1.82, 2.24) is 25.2 Å². The van der Waals surface area contributed by atoms with Gasteiger partial charge in [0, 0.05) is 29.2 Å². The smallest absolute Gasteiger partial charge is 0.250 e. The number of pyridine rings is 1. The fourth-order valence-corrected chi connectivity index (χ4v) is 3.88. The number of para-hydroxylation sites is 1. The van der Waals surface area contributed by atoms with E-state index in [0.717, 1.165) is 11.3 Å². The zero-order valence-corrected chi connectivity index (χ0v) is 19.4. The highest BCUT2D eigenvalue weighted by Gasteiger charge is 2.17. The van der Waals surface area contributed by atoms with E-state index < -0.39 is 0 Å². The van der Waals surface area contributed by atoms with Gasteiger partial charge in [-0.25, -0.2) is 5.43 Å². The number of hydrogen-bond donors (Lipinski definition) is 1. The molecule has 2 aromatic carbocycles. The Morgan fingerprint density at radius 1 is 1.06 bits per heavy atom. The number of ether oxygens (including phenoxy) is 2. The Bertz CT molecular complexity index is 1280. The lowest BCUT2D eigenvalue weighted by molar-refractivity contribution is -0.118. The monoisotopic (exact) mass is 474 g/mol.